The van der Waals surface area contributed by atoms with Gasteiger partial charge in [0.25, 0.3) is 0 Å². The zero-order chi connectivity index (χ0) is 10.6. The molecule has 0 radical (unpaired) electrons. The van der Waals surface area contributed by atoms with E-state index in [-0.39, 0.29) is 0 Å². The van der Waals surface area contributed by atoms with E-state index in [9.17, 15) is 0 Å². The SMILES string of the molecule is CC(C)(C)C12CC3(C(C)(C)C)CC13C2. The third-order valence-corrected chi connectivity index (χ3v) is 6.26. The summed E-state index contributed by atoms with van der Waals surface area (Å²) in [6.45, 7) is 14.7. The lowest BCUT2D eigenvalue weighted by molar-refractivity contribution is -0.00512. The first kappa shape index (κ1) is 9.24. The summed E-state index contributed by atoms with van der Waals surface area (Å²) in [6.07, 6.45) is 4.61. The monoisotopic (exact) mass is 192 g/mol. The zero-order valence-electron chi connectivity index (χ0n) is 10.6. The van der Waals surface area contributed by atoms with Gasteiger partial charge in [-0.1, -0.05) is 41.5 Å². The molecule has 3 rings (SSSR count). The van der Waals surface area contributed by atoms with Gasteiger partial charge in [-0.3, -0.25) is 0 Å². The number of rotatable bonds is 0. The first-order valence-electron chi connectivity index (χ1n) is 6.12. The Hall–Kier alpha value is 0. The third-order valence-electron chi connectivity index (χ3n) is 6.26. The maximum atomic E-state index is 2.45. The lowest BCUT2D eigenvalue weighted by Gasteiger charge is -2.49. The molecule has 3 saturated carbocycles. The molecule has 2 unspecified atom stereocenters. The molecular weight excluding hydrogens is 168 g/mol. The predicted octanol–water partition coefficient (Wildman–Crippen LogP) is 4.25. The Morgan fingerprint density at radius 2 is 1.00 bits per heavy atom. The predicted molar refractivity (Wildman–Crippen MR) is 60.1 cm³/mol. The van der Waals surface area contributed by atoms with E-state index in [0.29, 0.717) is 10.8 Å². The highest BCUT2D eigenvalue weighted by Gasteiger charge is 2.99. The van der Waals surface area contributed by atoms with Crippen molar-refractivity contribution in [2.75, 3.05) is 0 Å². The molecule has 0 nitrogen and oxygen atoms in total. The zero-order valence-corrected chi connectivity index (χ0v) is 10.6. The van der Waals surface area contributed by atoms with Crippen LogP contribution in [0.25, 0.3) is 0 Å². The van der Waals surface area contributed by atoms with E-state index in [1.165, 1.54) is 6.42 Å². The van der Waals surface area contributed by atoms with Crippen LogP contribution in [0.3, 0.4) is 0 Å². The molecule has 0 aliphatic heterocycles. The van der Waals surface area contributed by atoms with Gasteiger partial charge in [-0.2, -0.15) is 0 Å². The standard InChI is InChI=1S/C14H24/c1-10(2,3)12-7-13(11(4,5)6)9-14(12,13)8-12/h7-9H2,1-6H3. The van der Waals surface area contributed by atoms with Crippen LogP contribution < -0.4 is 0 Å². The van der Waals surface area contributed by atoms with Crippen LogP contribution in [-0.4, -0.2) is 0 Å². The maximum absolute atomic E-state index is 2.45. The molecule has 3 aliphatic rings. The Labute approximate surface area is 88.5 Å². The fourth-order valence-corrected chi connectivity index (χ4v) is 5.17. The Balaban J connectivity index is 1.91. The van der Waals surface area contributed by atoms with E-state index < -0.39 is 0 Å². The molecule has 80 valence electrons. The molecule has 0 aromatic carbocycles. The summed E-state index contributed by atoms with van der Waals surface area (Å²) in [5.41, 5.74) is 3.44. The van der Waals surface area contributed by atoms with Crippen molar-refractivity contribution in [3.8, 4) is 0 Å². The minimum atomic E-state index is 0.554. The van der Waals surface area contributed by atoms with Gasteiger partial charge in [-0.05, 0) is 46.3 Å². The summed E-state index contributed by atoms with van der Waals surface area (Å²) in [7, 11) is 0. The molecule has 0 heterocycles. The largest absolute Gasteiger partial charge is 0.0596 e. The quantitative estimate of drug-likeness (QED) is 0.538. The summed E-state index contributed by atoms with van der Waals surface area (Å²) in [5.74, 6) is 0. The van der Waals surface area contributed by atoms with E-state index >= 15 is 0 Å². The molecule has 0 saturated heterocycles. The minimum Gasteiger partial charge on any atom is -0.0596 e. The van der Waals surface area contributed by atoms with Crippen LogP contribution in [0.5, 0.6) is 0 Å². The van der Waals surface area contributed by atoms with Crippen LogP contribution in [0.2, 0.25) is 0 Å². The summed E-state index contributed by atoms with van der Waals surface area (Å²) in [5, 5.41) is 0. The van der Waals surface area contributed by atoms with Gasteiger partial charge in [0.2, 0.25) is 0 Å². The highest BCUT2D eigenvalue weighted by molar-refractivity contribution is 5.47. The average molecular weight is 192 g/mol. The highest BCUT2D eigenvalue weighted by Crippen LogP contribution is 3.06. The van der Waals surface area contributed by atoms with E-state index in [1.54, 1.807) is 12.8 Å². The molecule has 1 spiro atoms. The van der Waals surface area contributed by atoms with Crippen LogP contribution in [0.15, 0.2) is 0 Å². The Kier molecular flexibility index (Phi) is 1.13. The lowest BCUT2D eigenvalue weighted by Crippen LogP contribution is -2.42. The van der Waals surface area contributed by atoms with Gasteiger partial charge in [-0.15, -0.1) is 0 Å². The number of hydrogen-bond donors (Lipinski definition) is 0. The summed E-state index contributed by atoms with van der Waals surface area (Å²) in [4.78, 5) is 0. The molecule has 3 fully saturated rings. The molecule has 14 heavy (non-hydrogen) atoms. The average Bonchev–Trinajstić information content (AvgIpc) is 2.69. The van der Waals surface area contributed by atoms with Gasteiger partial charge in [0.15, 0.2) is 0 Å². The fraction of sp³-hybridized carbons (Fsp3) is 1.00. The second kappa shape index (κ2) is 1.72. The first-order valence-corrected chi connectivity index (χ1v) is 6.12. The normalized spacial score (nSPS) is 54.4. The van der Waals surface area contributed by atoms with Crippen LogP contribution in [-0.2, 0) is 0 Å². The molecular formula is C14H24. The van der Waals surface area contributed by atoms with Gasteiger partial charge in [0.05, 0.1) is 0 Å². The molecule has 0 amide bonds. The maximum Gasteiger partial charge on any atom is -0.0162 e. The second-order valence-corrected chi connectivity index (χ2v) is 8.28. The second-order valence-electron chi connectivity index (χ2n) is 8.28. The van der Waals surface area contributed by atoms with Crippen LogP contribution >= 0.6 is 0 Å². The van der Waals surface area contributed by atoms with Crippen molar-refractivity contribution >= 4 is 0 Å². The molecule has 2 atom stereocenters. The molecule has 0 aromatic rings. The number of hydrogen-bond acceptors (Lipinski definition) is 0. The molecule has 0 aromatic heterocycles. The topological polar surface area (TPSA) is 0 Å². The van der Waals surface area contributed by atoms with Gasteiger partial charge in [0, 0.05) is 0 Å². The van der Waals surface area contributed by atoms with Gasteiger partial charge < -0.3 is 0 Å². The van der Waals surface area contributed by atoms with Crippen molar-refractivity contribution in [2.24, 2.45) is 27.1 Å². The smallest absolute Gasteiger partial charge is 0.0162 e. The van der Waals surface area contributed by atoms with Crippen LogP contribution in [0.1, 0.15) is 60.8 Å². The minimum absolute atomic E-state index is 0.554. The van der Waals surface area contributed by atoms with Crippen molar-refractivity contribution in [1.82, 2.24) is 0 Å². The van der Waals surface area contributed by atoms with Gasteiger partial charge in [-0.25, -0.2) is 0 Å². The summed E-state index contributed by atoms with van der Waals surface area (Å²) >= 11 is 0. The van der Waals surface area contributed by atoms with Crippen molar-refractivity contribution in [3.05, 3.63) is 0 Å². The van der Waals surface area contributed by atoms with Crippen molar-refractivity contribution < 1.29 is 0 Å². The van der Waals surface area contributed by atoms with Gasteiger partial charge >= 0.3 is 0 Å². The van der Waals surface area contributed by atoms with E-state index in [4.69, 9.17) is 0 Å². The lowest BCUT2D eigenvalue weighted by atomic mass is 9.56. The summed E-state index contributed by atoms with van der Waals surface area (Å²) < 4.78 is 0. The van der Waals surface area contributed by atoms with Crippen molar-refractivity contribution in [1.29, 1.82) is 0 Å². The first-order chi connectivity index (χ1) is 6.12. The molecule has 0 heteroatoms. The van der Waals surface area contributed by atoms with E-state index in [2.05, 4.69) is 41.5 Å². The van der Waals surface area contributed by atoms with E-state index in [0.717, 1.165) is 16.2 Å². The van der Waals surface area contributed by atoms with Crippen molar-refractivity contribution in [3.63, 3.8) is 0 Å². The highest BCUT2D eigenvalue weighted by atomic mass is 15.0. The fourth-order valence-electron chi connectivity index (χ4n) is 5.17. The summed E-state index contributed by atoms with van der Waals surface area (Å²) in [6, 6.07) is 0. The Morgan fingerprint density at radius 1 is 0.643 bits per heavy atom. The molecule has 0 N–H and O–H groups in total. The Bertz CT molecular complexity index is 280. The van der Waals surface area contributed by atoms with E-state index in [1.807, 2.05) is 0 Å². The molecule has 0 bridgehead atoms. The van der Waals surface area contributed by atoms with Crippen LogP contribution in [0.4, 0.5) is 0 Å². The van der Waals surface area contributed by atoms with Crippen molar-refractivity contribution in [2.45, 2.75) is 60.8 Å². The van der Waals surface area contributed by atoms with Gasteiger partial charge in [0.1, 0.15) is 0 Å². The third kappa shape index (κ3) is 0.581. The van der Waals surface area contributed by atoms with Crippen LogP contribution in [0, 0.1) is 27.1 Å². The Morgan fingerprint density at radius 3 is 1.14 bits per heavy atom. The molecule has 3 aliphatic carbocycles.